The van der Waals surface area contributed by atoms with Crippen LogP contribution in [0.3, 0.4) is 0 Å². The van der Waals surface area contributed by atoms with E-state index in [1.54, 1.807) is 6.20 Å². The second-order valence-corrected chi connectivity index (χ2v) is 6.33. The number of piperidine rings is 1. The Labute approximate surface area is 132 Å². The molecule has 3 rings (SSSR count). The Morgan fingerprint density at radius 1 is 1.36 bits per heavy atom. The van der Waals surface area contributed by atoms with E-state index >= 15 is 0 Å². The van der Waals surface area contributed by atoms with Crippen molar-refractivity contribution in [2.75, 3.05) is 26.3 Å². The van der Waals surface area contributed by atoms with E-state index in [2.05, 4.69) is 21.3 Å². The van der Waals surface area contributed by atoms with Gasteiger partial charge in [-0.1, -0.05) is 6.07 Å². The van der Waals surface area contributed by atoms with Gasteiger partial charge in [0.1, 0.15) is 0 Å². The average Bonchev–Trinajstić information content (AvgIpc) is 2.57. The zero-order valence-corrected chi connectivity index (χ0v) is 13.0. The van der Waals surface area contributed by atoms with Crippen LogP contribution in [0.5, 0.6) is 0 Å². The number of nitrogens with one attached hydrogen (secondary N) is 1. The van der Waals surface area contributed by atoms with Crippen molar-refractivity contribution < 1.29 is 9.53 Å². The molecule has 1 atom stereocenters. The molecular weight excluding hydrogens is 278 g/mol. The number of amides is 1. The third-order valence-corrected chi connectivity index (χ3v) is 4.57. The Morgan fingerprint density at radius 3 is 3.00 bits per heavy atom. The summed E-state index contributed by atoms with van der Waals surface area (Å²) in [6, 6.07) is 4.36. The second kappa shape index (κ2) is 7.70. The topological polar surface area (TPSA) is 54.5 Å². The van der Waals surface area contributed by atoms with Gasteiger partial charge < -0.3 is 10.1 Å². The molecular formula is C17H25N3O2. The molecule has 2 fully saturated rings. The molecule has 2 saturated heterocycles. The van der Waals surface area contributed by atoms with E-state index in [0.29, 0.717) is 0 Å². The molecule has 0 saturated carbocycles. The predicted molar refractivity (Wildman–Crippen MR) is 84.2 cm³/mol. The molecule has 3 heterocycles. The quantitative estimate of drug-likeness (QED) is 0.918. The monoisotopic (exact) mass is 303 g/mol. The minimum atomic E-state index is 0.141. The van der Waals surface area contributed by atoms with E-state index in [4.69, 9.17) is 4.74 Å². The van der Waals surface area contributed by atoms with Gasteiger partial charge >= 0.3 is 0 Å². The molecule has 0 aliphatic carbocycles. The first kappa shape index (κ1) is 15.4. The Bertz CT molecular complexity index is 474. The predicted octanol–water partition coefficient (Wildman–Crippen LogP) is 1.59. The smallest absolute Gasteiger partial charge is 0.223 e. The SMILES string of the molecule is O=C(N[C@H]1CCCN(Cc2cccnc2)C1)C1CCOCC1. The van der Waals surface area contributed by atoms with Gasteiger partial charge in [0, 0.05) is 50.7 Å². The highest BCUT2D eigenvalue weighted by molar-refractivity contribution is 5.79. The van der Waals surface area contributed by atoms with E-state index < -0.39 is 0 Å². The van der Waals surface area contributed by atoms with E-state index in [9.17, 15) is 4.79 Å². The summed E-state index contributed by atoms with van der Waals surface area (Å²) in [5, 5.41) is 3.25. The maximum absolute atomic E-state index is 12.3. The maximum atomic E-state index is 12.3. The number of hydrogen-bond acceptors (Lipinski definition) is 4. The van der Waals surface area contributed by atoms with Gasteiger partial charge in [0.05, 0.1) is 0 Å². The van der Waals surface area contributed by atoms with Crippen LogP contribution in [0.4, 0.5) is 0 Å². The third kappa shape index (κ3) is 4.27. The van der Waals surface area contributed by atoms with Crippen LogP contribution in [0.2, 0.25) is 0 Å². The van der Waals surface area contributed by atoms with Gasteiger partial charge in [-0.3, -0.25) is 14.7 Å². The number of carbonyl (C=O) groups is 1. The van der Waals surface area contributed by atoms with Crippen molar-refractivity contribution >= 4 is 5.91 Å². The van der Waals surface area contributed by atoms with E-state index in [0.717, 1.165) is 58.5 Å². The van der Waals surface area contributed by atoms with Gasteiger partial charge in [0.25, 0.3) is 0 Å². The lowest BCUT2D eigenvalue weighted by atomic mass is 9.97. The molecule has 2 aliphatic rings. The van der Waals surface area contributed by atoms with Crippen LogP contribution in [0.15, 0.2) is 24.5 Å². The van der Waals surface area contributed by atoms with Gasteiger partial charge in [-0.25, -0.2) is 0 Å². The van der Waals surface area contributed by atoms with Crippen LogP contribution in [0, 0.1) is 5.92 Å². The fourth-order valence-corrected chi connectivity index (χ4v) is 3.35. The minimum absolute atomic E-state index is 0.141. The summed E-state index contributed by atoms with van der Waals surface area (Å²) in [6.45, 7) is 4.38. The lowest BCUT2D eigenvalue weighted by molar-refractivity contribution is -0.129. The van der Waals surface area contributed by atoms with Crippen LogP contribution < -0.4 is 5.32 Å². The third-order valence-electron chi connectivity index (χ3n) is 4.57. The molecule has 0 aromatic carbocycles. The zero-order chi connectivity index (χ0) is 15.2. The van der Waals surface area contributed by atoms with E-state index in [1.807, 2.05) is 12.3 Å². The zero-order valence-electron chi connectivity index (χ0n) is 13.0. The molecule has 0 unspecified atom stereocenters. The van der Waals surface area contributed by atoms with Crippen molar-refractivity contribution in [1.29, 1.82) is 0 Å². The minimum Gasteiger partial charge on any atom is -0.381 e. The van der Waals surface area contributed by atoms with Crippen molar-refractivity contribution in [3.05, 3.63) is 30.1 Å². The summed E-state index contributed by atoms with van der Waals surface area (Å²) < 4.78 is 5.33. The Balaban J connectivity index is 1.48. The van der Waals surface area contributed by atoms with Gasteiger partial charge in [0.15, 0.2) is 0 Å². The highest BCUT2D eigenvalue weighted by atomic mass is 16.5. The van der Waals surface area contributed by atoms with E-state index in [1.165, 1.54) is 5.56 Å². The van der Waals surface area contributed by atoms with Gasteiger partial charge in [-0.05, 0) is 43.9 Å². The molecule has 0 spiro atoms. The van der Waals surface area contributed by atoms with Crippen molar-refractivity contribution in [3.8, 4) is 0 Å². The Kier molecular flexibility index (Phi) is 5.40. The van der Waals surface area contributed by atoms with Crippen molar-refractivity contribution in [3.63, 3.8) is 0 Å². The Hall–Kier alpha value is -1.46. The van der Waals surface area contributed by atoms with Crippen LogP contribution in [-0.2, 0) is 16.1 Å². The highest BCUT2D eigenvalue weighted by Gasteiger charge is 2.26. The van der Waals surface area contributed by atoms with E-state index in [-0.39, 0.29) is 17.9 Å². The van der Waals surface area contributed by atoms with Crippen molar-refractivity contribution in [2.45, 2.75) is 38.3 Å². The molecule has 5 nitrogen and oxygen atoms in total. The van der Waals surface area contributed by atoms with Crippen molar-refractivity contribution in [1.82, 2.24) is 15.2 Å². The number of nitrogens with zero attached hydrogens (tertiary/aromatic N) is 2. The van der Waals surface area contributed by atoms with Crippen LogP contribution in [0.25, 0.3) is 0 Å². The summed E-state index contributed by atoms with van der Waals surface area (Å²) in [4.78, 5) is 18.9. The number of pyridine rings is 1. The molecule has 1 N–H and O–H groups in total. The summed E-state index contributed by atoms with van der Waals surface area (Å²) >= 11 is 0. The molecule has 0 radical (unpaired) electrons. The molecule has 22 heavy (non-hydrogen) atoms. The molecule has 1 amide bonds. The average molecular weight is 303 g/mol. The van der Waals surface area contributed by atoms with Gasteiger partial charge in [-0.15, -0.1) is 0 Å². The number of ether oxygens (including phenoxy) is 1. The number of aromatic nitrogens is 1. The van der Waals surface area contributed by atoms with Gasteiger partial charge in [-0.2, -0.15) is 0 Å². The fraction of sp³-hybridized carbons (Fsp3) is 0.647. The molecule has 0 bridgehead atoms. The summed E-state index contributed by atoms with van der Waals surface area (Å²) in [6.07, 6.45) is 7.66. The van der Waals surface area contributed by atoms with Gasteiger partial charge in [0.2, 0.25) is 5.91 Å². The normalized spacial score (nSPS) is 24.1. The molecule has 2 aliphatic heterocycles. The number of rotatable bonds is 4. The van der Waals surface area contributed by atoms with Crippen molar-refractivity contribution in [2.24, 2.45) is 5.92 Å². The molecule has 1 aromatic rings. The first-order valence-electron chi connectivity index (χ1n) is 8.30. The number of carbonyl (C=O) groups excluding carboxylic acids is 1. The summed E-state index contributed by atoms with van der Waals surface area (Å²) in [5.41, 5.74) is 1.24. The lowest BCUT2D eigenvalue weighted by Gasteiger charge is -2.34. The number of likely N-dealkylation sites (tertiary alicyclic amines) is 1. The maximum Gasteiger partial charge on any atom is 0.223 e. The summed E-state index contributed by atoms with van der Waals surface area (Å²) in [7, 11) is 0. The second-order valence-electron chi connectivity index (χ2n) is 6.33. The summed E-state index contributed by atoms with van der Waals surface area (Å²) in [5.74, 6) is 0.360. The highest BCUT2D eigenvalue weighted by Crippen LogP contribution is 2.17. The fourth-order valence-electron chi connectivity index (χ4n) is 3.35. The molecule has 1 aromatic heterocycles. The van der Waals surface area contributed by atoms with Crippen LogP contribution in [0.1, 0.15) is 31.2 Å². The molecule has 5 heteroatoms. The van der Waals surface area contributed by atoms with Crippen LogP contribution >= 0.6 is 0 Å². The standard InChI is InChI=1S/C17H25N3O2/c21-17(15-5-9-22-10-6-15)19-16-4-2-8-20(13-16)12-14-3-1-7-18-11-14/h1,3,7,11,15-16H,2,4-6,8-10,12-13H2,(H,19,21)/t16-/m0/s1. The first-order chi connectivity index (χ1) is 10.8. The Morgan fingerprint density at radius 2 is 2.23 bits per heavy atom. The molecule has 120 valence electrons. The van der Waals surface area contributed by atoms with Crippen LogP contribution in [-0.4, -0.2) is 48.1 Å². The lowest BCUT2D eigenvalue weighted by Crippen LogP contribution is -2.49. The largest absolute Gasteiger partial charge is 0.381 e. The number of hydrogen-bond donors (Lipinski definition) is 1. The first-order valence-corrected chi connectivity index (χ1v) is 8.30.